The first kappa shape index (κ1) is 29.9. The highest BCUT2D eigenvalue weighted by Crippen LogP contribution is 2.29. The molecule has 0 fully saturated rings. The van der Waals surface area contributed by atoms with E-state index < -0.39 is 22.1 Å². The molecule has 0 N–H and O–H groups in total. The van der Waals surface area contributed by atoms with Crippen LogP contribution >= 0.6 is 0 Å². The molecular formula is C27H34O9S. The lowest BCUT2D eigenvalue weighted by Gasteiger charge is -2.11. The van der Waals surface area contributed by atoms with Gasteiger partial charge in [-0.3, -0.25) is 4.18 Å². The molecule has 0 saturated carbocycles. The van der Waals surface area contributed by atoms with Crippen molar-refractivity contribution in [1.29, 1.82) is 0 Å². The molecule has 0 amide bonds. The Bertz CT molecular complexity index is 1140. The van der Waals surface area contributed by atoms with E-state index in [-0.39, 0.29) is 12.4 Å². The number of benzene rings is 2. The lowest BCUT2D eigenvalue weighted by atomic mass is 10.1. The third kappa shape index (κ3) is 11.9. The zero-order valence-corrected chi connectivity index (χ0v) is 22.3. The molecule has 0 radical (unpaired) electrons. The van der Waals surface area contributed by atoms with Gasteiger partial charge in [0, 0.05) is 6.08 Å². The van der Waals surface area contributed by atoms with Crippen molar-refractivity contribution in [3.05, 3.63) is 59.7 Å². The third-order valence-electron chi connectivity index (χ3n) is 5.20. The number of hydrogen-bond acceptors (Lipinski definition) is 9. The summed E-state index contributed by atoms with van der Waals surface area (Å²) in [5.41, 5.74) is 1.05. The second kappa shape index (κ2) is 15.7. The van der Waals surface area contributed by atoms with Crippen LogP contribution in [0.1, 0.15) is 54.4 Å². The fourth-order valence-electron chi connectivity index (χ4n) is 3.26. The predicted octanol–water partition coefficient (Wildman–Crippen LogP) is 4.80. The molecule has 2 aromatic carbocycles. The van der Waals surface area contributed by atoms with Crippen LogP contribution in [0.15, 0.2) is 48.5 Å². The first-order chi connectivity index (χ1) is 17.7. The zero-order valence-electron chi connectivity index (χ0n) is 21.4. The van der Waals surface area contributed by atoms with Gasteiger partial charge in [0.15, 0.2) is 11.5 Å². The van der Waals surface area contributed by atoms with E-state index in [0.29, 0.717) is 29.2 Å². The molecule has 0 aliphatic heterocycles. The van der Waals surface area contributed by atoms with Crippen molar-refractivity contribution >= 4 is 28.1 Å². The number of methoxy groups -OCH3 is 2. The number of carbonyl (C=O) groups excluding carboxylic acids is 2. The molecule has 0 aliphatic carbocycles. The molecule has 0 saturated heterocycles. The van der Waals surface area contributed by atoms with Gasteiger partial charge in [-0.2, -0.15) is 8.42 Å². The van der Waals surface area contributed by atoms with E-state index in [1.165, 1.54) is 20.3 Å². The Morgan fingerprint density at radius 3 is 2.11 bits per heavy atom. The number of hydrogen-bond donors (Lipinski definition) is 0. The van der Waals surface area contributed by atoms with Crippen molar-refractivity contribution in [2.45, 2.75) is 38.5 Å². The third-order valence-corrected chi connectivity index (χ3v) is 5.79. The molecule has 10 heteroatoms. The molecule has 9 nitrogen and oxygen atoms in total. The molecular weight excluding hydrogens is 500 g/mol. The Kier molecular flexibility index (Phi) is 12.7. The minimum atomic E-state index is -3.35. The topological polar surface area (TPSA) is 114 Å². The highest BCUT2D eigenvalue weighted by molar-refractivity contribution is 7.85. The largest absolute Gasteiger partial charge is 0.494 e. The highest BCUT2D eigenvalue weighted by atomic mass is 32.2. The average molecular weight is 535 g/mol. The van der Waals surface area contributed by atoms with Crippen LogP contribution < -0.4 is 14.2 Å². The van der Waals surface area contributed by atoms with E-state index in [2.05, 4.69) is 4.74 Å². The number of rotatable bonds is 16. The number of ether oxygens (including phenoxy) is 4. The van der Waals surface area contributed by atoms with Gasteiger partial charge in [0.25, 0.3) is 10.1 Å². The van der Waals surface area contributed by atoms with Gasteiger partial charge in [0.05, 0.1) is 39.3 Å². The summed E-state index contributed by atoms with van der Waals surface area (Å²) < 4.78 is 47.6. The Labute approximate surface area is 218 Å². The molecule has 0 unspecified atom stereocenters. The maximum Gasteiger partial charge on any atom is 0.343 e. The van der Waals surface area contributed by atoms with E-state index >= 15 is 0 Å². The quantitative estimate of drug-likeness (QED) is 0.0985. The molecule has 0 atom stereocenters. The molecule has 0 bridgehead atoms. The summed E-state index contributed by atoms with van der Waals surface area (Å²) in [5.74, 6) is 0.251. The Morgan fingerprint density at radius 2 is 1.49 bits per heavy atom. The molecule has 0 spiro atoms. The van der Waals surface area contributed by atoms with Gasteiger partial charge in [0.2, 0.25) is 0 Å². The minimum absolute atomic E-state index is 0.237. The first-order valence-corrected chi connectivity index (χ1v) is 13.8. The van der Waals surface area contributed by atoms with Crippen molar-refractivity contribution in [3.63, 3.8) is 0 Å². The maximum absolute atomic E-state index is 12.6. The Morgan fingerprint density at radius 1 is 0.838 bits per heavy atom. The monoisotopic (exact) mass is 534 g/mol. The summed E-state index contributed by atoms with van der Waals surface area (Å²) in [6, 6.07) is 11.6. The van der Waals surface area contributed by atoms with E-state index in [9.17, 15) is 18.0 Å². The van der Waals surface area contributed by atoms with Gasteiger partial charge in [-0.1, -0.05) is 31.7 Å². The number of esters is 2. The van der Waals surface area contributed by atoms with Gasteiger partial charge < -0.3 is 18.9 Å². The number of unbranched alkanes of at least 4 members (excludes halogenated alkanes) is 5. The Balaban J connectivity index is 1.73. The standard InChI is InChI=1S/C27H34O9S/c1-32-25-20-21(11-17-26(28)33-2)10-16-24(25)36-27(29)22-12-14-23(15-13-22)34-18-8-6-4-5-7-9-19-35-37(3,30)31/h10-17,20H,4-9,18-19H2,1-3H3/b17-11+. The summed E-state index contributed by atoms with van der Waals surface area (Å²) in [6.07, 6.45) is 9.53. The predicted molar refractivity (Wildman–Crippen MR) is 139 cm³/mol. The molecule has 0 aromatic heterocycles. The van der Waals surface area contributed by atoms with E-state index in [1.807, 2.05) is 0 Å². The van der Waals surface area contributed by atoms with Crippen molar-refractivity contribution in [2.75, 3.05) is 33.7 Å². The van der Waals surface area contributed by atoms with Gasteiger partial charge >= 0.3 is 11.9 Å². The van der Waals surface area contributed by atoms with Crippen molar-refractivity contribution in [1.82, 2.24) is 0 Å². The van der Waals surface area contributed by atoms with Gasteiger partial charge in [-0.15, -0.1) is 0 Å². The van der Waals surface area contributed by atoms with Gasteiger partial charge in [-0.25, -0.2) is 9.59 Å². The lowest BCUT2D eigenvalue weighted by Crippen LogP contribution is -2.09. The minimum Gasteiger partial charge on any atom is -0.494 e. The summed E-state index contributed by atoms with van der Waals surface area (Å²) >= 11 is 0. The van der Waals surface area contributed by atoms with Crippen molar-refractivity contribution in [2.24, 2.45) is 0 Å². The normalized spacial score (nSPS) is 11.3. The second-order valence-corrected chi connectivity index (χ2v) is 9.82. The lowest BCUT2D eigenvalue weighted by molar-refractivity contribution is -0.134. The van der Waals surface area contributed by atoms with Crippen molar-refractivity contribution < 1.29 is 41.1 Å². The maximum atomic E-state index is 12.6. The zero-order chi connectivity index (χ0) is 27.1. The van der Waals surface area contributed by atoms with Crippen LogP contribution in [-0.4, -0.2) is 54.0 Å². The molecule has 2 aromatic rings. The summed E-state index contributed by atoms with van der Waals surface area (Å²) in [5, 5.41) is 0. The fourth-order valence-corrected chi connectivity index (χ4v) is 3.68. The van der Waals surface area contributed by atoms with Crippen molar-refractivity contribution in [3.8, 4) is 17.2 Å². The van der Waals surface area contributed by atoms with E-state index in [4.69, 9.17) is 18.4 Å². The molecule has 202 valence electrons. The van der Waals surface area contributed by atoms with Crippen LogP contribution in [0.25, 0.3) is 6.08 Å². The summed E-state index contributed by atoms with van der Waals surface area (Å²) in [6.45, 7) is 0.802. The molecule has 0 heterocycles. The van der Waals surface area contributed by atoms with Gasteiger partial charge in [-0.05, 0) is 60.9 Å². The fraction of sp³-hybridized carbons (Fsp3) is 0.407. The number of carbonyl (C=O) groups is 2. The van der Waals surface area contributed by atoms with Crippen LogP contribution in [0, 0.1) is 0 Å². The summed E-state index contributed by atoms with van der Waals surface area (Å²) in [7, 11) is -0.590. The van der Waals surface area contributed by atoms with Gasteiger partial charge in [0.1, 0.15) is 5.75 Å². The van der Waals surface area contributed by atoms with Crippen LogP contribution in [0.2, 0.25) is 0 Å². The average Bonchev–Trinajstić information content (AvgIpc) is 2.88. The first-order valence-electron chi connectivity index (χ1n) is 12.0. The highest BCUT2D eigenvalue weighted by Gasteiger charge is 2.13. The Hall–Kier alpha value is -3.37. The summed E-state index contributed by atoms with van der Waals surface area (Å²) in [4.78, 5) is 23.8. The van der Waals surface area contributed by atoms with E-state index in [1.54, 1.807) is 48.5 Å². The molecule has 37 heavy (non-hydrogen) atoms. The van der Waals surface area contributed by atoms with Crippen LogP contribution in [0.4, 0.5) is 0 Å². The van der Waals surface area contributed by atoms with Crippen LogP contribution in [-0.2, 0) is 23.8 Å². The molecule has 0 aliphatic rings. The molecule has 2 rings (SSSR count). The smallest absolute Gasteiger partial charge is 0.343 e. The van der Waals surface area contributed by atoms with E-state index in [0.717, 1.165) is 44.8 Å². The second-order valence-electron chi connectivity index (χ2n) is 8.18. The van der Waals surface area contributed by atoms with Crippen LogP contribution in [0.5, 0.6) is 17.2 Å². The SMILES string of the molecule is COC(=O)/C=C/c1ccc(OC(=O)c2ccc(OCCCCCCCCOS(C)(=O)=O)cc2)c(OC)c1. The van der Waals surface area contributed by atoms with Crippen LogP contribution in [0.3, 0.4) is 0 Å².